The van der Waals surface area contributed by atoms with E-state index in [9.17, 15) is 0 Å². The number of ether oxygens (including phenoxy) is 2. The molecule has 0 spiro atoms. The maximum Gasteiger partial charge on any atom is 0.119 e. The van der Waals surface area contributed by atoms with Gasteiger partial charge in [-0.2, -0.15) is 0 Å². The van der Waals surface area contributed by atoms with Gasteiger partial charge in [-0.1, -0.05) is 154 Å². The molecule has 0 fully saturated rings. The van der Waals surface area contributed by atoms with Gasteiger partial charge in [0.2, 0.25) is 0 Å². The first-order valence-electron chi connectivity index (χ1n) is 23.2. The number of nitrogens with zero attached hydrogens (tertiary/aromatic N) is 2. The second-order valence-electron chi connectivity index (χ2n) is 16.4. The molecular weight excluding hydrogens is 909 g/mol. The lowest BCUT2D eigenvalue weighted by Gasteiger charge is -2.18. The van der Waals surface area contributed by atoms with Gasteiger partial charge in [0.05, 0.1) is 42.9 Å². The zero-order valence-corrected chi connectivity index (χ0v) is 41.0. The molecule has 1 aliphatic carbocycles. The van der Waals surface area contributed by atoms with E-state index in [0.717, 1.165) is 91.2 Å². The number of aromatic nitrogens is 2. The van der Waals surface area contributed by atoms with Crippen molar-refractivity contribution in [3.05, 3.63) is 101 Å². The standard InChI is InChI=1S/C52H66Br2N2O2S2/c1-3-5-7-9-11-13-15-17-19-21-35-57-41-27-23-25-39(37-41)49-50(40-26-24-28-42(38-40)58-36-22-20-18-16-14-12-10-8-6-4-2)56-52-44(46-32-34-48(54)60-46)30-29-43(51(52)55-49)45-31-33-47(53)59-45/h23-28,31-34,37-38H,3-22,29-30,35-36H2,1-2H3. The number of fused-ring (bicyclic) bond motifs is 1. The van der Waals surface area contributed by atoms with Crippen molar-refractivity contribution >= 4 is 65.7 Å². The molecule has 6 rings (SSSR count). The number of thiophene rings is 2. The van der Waals surface area contributed by atoms with Gasteiger partial charge in [0.15, 0.2) is 0 Å². The predicted octanol–water partition coefficient (Wildman–Crippen LogP) is 16.2. The molecular formula is C52H66Br2N2O2S2. The highest BCUT2D eigenvalue weighted by molar-refractivity contribution is 9.11. The van der Waals surface area contributed by atoms with Crippen molar-refractivity contribution in [2.24, 2.45) is 0 Å². The summed E-state index contributed by atoms with van der Waals surface area (Å²) in [6.45, 7) is 6.02. The molecule has 5 aromatic rings. The molecule has 322 valence electrons. The topological polar surface area (TPSA) is 44.2 Å². The number of rotatable bonds is 28. The first-order chi connectivity index (χ1) is 29.5. The van der Waals surface area contributed by atoms with E-state index in [1.54, 1.807) is 22.7 Å². The molecule has 0 aliphatic heterocycles. The summed E-state index contributed by atoms with van der Waals surface area (Å²) in [6, 6.07) is 25.7. The Morgan fingerprint density at radius 1 is 0.467 bits per heavy atom. The third-order valence-electron chi connectivity index (χ3n) is 11.6. The molecule has 3 heterocycles. The van der Waals surface area contributed by atoms with Crippen LogP contribution in [0.25, 0.3) is 33.7 Å². The molecule has 0 unspecified atom stereocenters. The number of benzene rings is 2. The van der Waals surface area contributed by atoms with Crippen LogP contribution in [0, 0.1) is 0 Å². The number of hydrogen-bond donors (Lipinski definition) is 0. The Kier molecular flexibility index (Phi) is 20.2. The molecule has 0 amide bonds. The van der Waals surface area contributed by atoms with Crippen molar-refractivity contribution in [3.63, 3.8) is 0 Å². The largest absolute Gasteiger partial charge is 0.494 e. The Morgan fingerprint density at radius 3 is 1.18 bits per heavy atom. The SMILES string of the molecule is CCCCCCCCCCCCOc1cccc(-c2nc3c(nc2-c2cccc(OCCCCCCCCCCCC)c2)=C(c2ccc(Br)s2)CCC=3c2ccc(Br)s2)c1. The third-order valence-corrected chi connectivity index (χ3v) is 14.9. The minimum atomic E-state index is 0.723. The highest BCUT2D eigenvalue weighted by Gasteiger charge is 2.22. The van der Waals surface area contributed by atoms with Gasteiger partial charge in [-0.05, 0) is 117 Å². The lowest BCUT2D eigenvalue weighted by Crippen LogP contribution is -2.39. The number of unbranched alkanes of at least 4 members (excludes halogenated alkanes) is 18. The van der Waals surface area contributed by atoms with Gasteiger partial charge in [-0.15, -0.1) is 22.7 Å². The summed E-state index contributed by atoms with van der Waals surface area (Å²) < 4.78 is 15.1. The summed E-state index contributed by atoms with van der Waals surface area (Å²) in [4.78, 5) is 13.8. The molecule has 0 bridgehead atoms. The molecule has 0 atom stereocenters. The fraction of sp³-hybridized carbons (Fsp3) is 0.500. The second-order valence-corrected chi connectivity index (χ2v) is 21.3. The monoisotopic (exact) mass is 972 g/mol. The molecule has 8 heteroatoms. The lowest BCUT2D eigenvalue weighted by atomic mass is 9.95. The van der Waals surface area contributed by atoms with E-state index < -0.39 is 0 Å². The molecule has 4 nitrogen and oxygen atoms in total. The highest BCUT2D eigenvalue weighted by atomic mass is 79.9. The van der Waals surface area contributed by atoms with E-state index in [1.165, 1.54) is 136 Å². The molecule has 0 saturated carbocycles. The maximum atomic E-state index is 6.41. The number of hydrogen-bond acceptors (Lipinski definition) is 6. The number of halogens is 2. The highest BCUT2D eigenvalue weighted by Crippen LogP contribution is 2.37. The van der Waals surface area contributed by atoms with Crippen LogP contribution in [0.2, 0.25) is 0 Å². The molecule has 60 heavy (non-hydrogen) atoms. The van der Waals surface area contributed by atoms with Crippen LogP contribution in [-0.2, 0) is 0 Å². The Bertz CT molecular complexity index is 2020. The maximum absolute atomic E-state index is 6.41. The molecule has 0 saturated heterocycles. The Morgan fingerprint density at radius 2 is 0.833 bits per heavy atom. The minimum absolute atomic E-state index is 0.723. The Labute approximate surface area is 385 Å². The van der Waals surface area contributed by atoms with Crippen LogP contribution in [0.1, 0.15) is 165 Å². The van der Waals surface area contributed by atoms with Crippen LogP contribution in [0.3, 0.4) is 0 Å². The second kappa shape index (κ2) is 26.0. The average molecular weight is 975 g/mol. The first kappa shape index (κ1) is 46.7. The summed E-state index contributed by atoms with van der Waals surface area (Å²) >= 11 is 11.0. The smallest absolute Gasteiger partial charge is 0.119 e. The van der Waals surface area contributed by atoms with Crippen LogP contribution in [0.5, 0.6) is 11.5 Å². The zero-order chi connectivity index (χ0) is 41.8. The Balaban J connectivity index is 1.25. The summed E-state index contributed by atoms with van der Waals surface area (Å²) in [5.74, 6) is 1.76. The summed E-state index contributed by atoms with van der Waals surface area (Å²) in [7, 11) is 0. The molecule has 0 radical (unpaired) electrons. The molecule has 1 aliphatic rings. The van der Waals surface area contributed by atoms with Gasteiger partial charge in [0.1, 0.15) is 11.5 Å². The zero-order valence-electron chi connectivity index (χ0n) is 36.2. The normalized spacial score (nSPS) is 12.6. The van der Waals surface area contributed by atoms with Crippen LogP contribution < -0.4 is 20.2 Å². The first-order valence-corrected chi connectivity index (χ1v) is 26.4. The average Bonchev–Trinajstić information content (AvgIpc) is 3.91. The minimum Gasteiger partial charge on any atom is -0.494 e. The molecule has 2 aromatic carbocycles. The van der Waals surface area contributed by atoms with Crippen LogP contribution in [0.4, 0.5) is 0 Å². The van der Waals surface area contributed by atoms with E-state index in [2.05, 4.69) is 119 Å². The van der Waals surface area contributed by atoms with Gasteiger partial charge < -0.3 is 9.47 Å². The van der Waals surface area contributed by atoms with Crippen LogP contribution in [-0.4, -0.2) is 23.2 Å². The molecule has 0 N–H and O–H groups in total. The van der Waals surface area contributed by atoms with E-state index in [0.29, 0.717) is 0 Å². The van der Waals surface area contributed by atoms with Gasteiger partial charge in [0.25, 0.3) is 0 Å². The van der Waals surface area contributed by atoms with E-state index in [4.69, 9.17) is 19.4 Å². The van der Waals surface area contributed by atoms with E-state index in [-0.39, 0.29) is 0 Å². The summed E-state index contributed by atoms with van der Waals surface area (Å²) in [6.07, 6.45) is 28.0. The van der Waals surface area contributed by atoms with Gasteiger partial charge in [0, 0.05) is 20.9 Å². The van der Waals surface area contributed by atoms with Gasteiger partial charge >= 0.3 is 0 Å². The van der Waals surface area contributed by atoms with Crippen molar-refractivity contribution in [1.82, 2.24) is 9.97 Å². The third kappa shape index (κ3) is 14.4. The van der Waals surface area contributed by atoms with Crippen molar-refractivity contribution in [1.29, 1.82) is 0 Å². The van der Waals surface area contributed by atoms with Crippen molar-refractivity contribution in [3.8, 4) is 34.0 Å². The van der Waals surface area contributed by atoms with Crippen molar-refractivity contribution < 1.29 is 9.47 Å². The van der Waals surface area contributed by atoms with E-state index >= 15 is 0 Å². The van der Waals surface area contributed by atoms with Crippen molar-refractivity contribution in [2.75, 3.05) is 13.2 Å². The quantitative estimate of drug-likeness (QED) is 0.0469. The fourth-order valence-corrected chi connectivity index (χ4v) is 11.1. The fourth-order valence-electron chi connectivity index (χ4n) is 8.20. The van der Waals surface area contributed by atoms with Crippen LogP contribution >= 0.6 is 54.5 Å². The summed E-state index contributed by atoms with van der Waals surface area (Å²) in [5, 5.41) is 1.94. The summed E-state index contributed by atoms with van der Waals surface area (Å²) in [5.41, 5.74) is 6.26. The Hall–Kier alpha value is -2.78. The van der Waals surface area contributed by atoms with Gasteiger partial charge in [-0.25, -0.2) is 9.97 Å². The van der Waals surface area contributed by atoms with E-state index in [1.807, 2.05) is 0 Å². The van der Waals surface area contributed by atoms with Crippen molar-refractivity contribution in [2.45, 2.75) is 155 Å². The predicted molar refractivity (Wildman–Crippen MR) is 265 cm³/mol. The van der Waals surface area contributed by atoms with Gasteiger partial charge in [-0.3, -0.25) is 0 Å². The molecule has 3 aromatic heterocycles. The lowest BCUT2D eigenvalue weighted by molar-refractivity contribution is 0.304. The van der Waals surface area contributed by atoms with Crippen LogP contribution in [0.15, 0.2) is 80.4 Å².